The number of hydrogen-bond acceptors (Lipinski definition) is 8. The zero-order valence-corrected chi connectivity index (χ0v) is 19.7. The summed E-state index contributed by atoms with van der Waals surface area (Å²) in [6, 6.07) is 22.4. The Labute approximate surface area is 206 Å². The van der Waals surface area contributed by atoms with Crippen LogP contribution in [0.15, 0.2) is 78.0 Å². The average Bonchev–Trinajstić information content (AvgIpc) is 3.53. The van der Waals surface area contributed by atoms with Gasteiger partial charge in [-0.2, -0.15) is 0 Å². The van der Waals surface area contributed by atoms with E-state index in [1.54, 1.807) is 25.3 Å². The molecule has 35 heavy (non-hydrogen) atoms. The molecule has 1 aliphatic rings. The Bertz CT molecular complexity index is 1330. The van der Waals surface area contributed by atoms with Crippen molar-refractivity contribution in [1.29, 1.82) is 0 Å². The maximum Gasteiger partial charge on any atom is 0.234 e. The van der Waals surface area contributed by atoms with Gasteiger partial charge in [-0.15, -0.1) is 10.2 Å². The van der Waals surface area contributed by atoms with Crippen LogP contribution in [-0.4, -0.2) is 40.3 Å². The maximum absolute atomic E-state index is 12.6. The predicted molar refractivity (Wildman–Crippen MR) is 131 cm³/mol. The summed E-state index contributed by atoms with van der Waals surface area (Å²) >= 11 is 1.29. The molecule has 0 aliphatic carbocycles. The lowest BCUT2D eigenvalue weighted by atomic mass is 10.3. The Hall–Kier alpha value is -4.18. The number of nitrogens with zero attached hydrogens (tertiary/aromatic N) is 3. The van der Waals surface area contributed by atoms with Gasteiger partial charge in [0, 0.05) is 17.4 Å². The molecule has 1 N–H and O–H groups in total. The summed E-state index contributed by atoms with van der Waals surface area (Å²) in [5.41, 5.74) is 1.50. The van der Waals surface area contributed by atoms with Crippen LogP contribution in [0.25, 0.3) is 5.69 Å². The highest BCUT2D eigenvalue weighted by Gasteiger charge is 2.18. The summed E-state index contributed by atoms with van der Waals surface area (Å²) in [6.45, 7) is 0.354. The lowest BCUT2D eigenvalue weighted by Gasteiger charge is -2.12. The number of aromatic nitrogens is 3. The van der Waals surface area contributed by atoms with Gasteiger partial charge in [-0.3, -0.25) is 9.36 Å². The standard InChI is InChI=1S/C25H22N4O5S/c1-31-19-9-5-6-10-20(19)32-14-23-27-28-25(29(23)18-7-3-2-4-8-18)35-15-24(30)26-17-11-12-21-22(13-17)34-16-33-21/h2-13H,14-16H2,1H3,(H,26,30). The molecular formula is C25H22N4O5S. The van der Waals surface area contributed by atoms with Crippen LogP contribution in [0, 0.1) is 0 Å². The van der Waals surface area contributed by atoms with Gasteiger partial charge in [0.1, 0.15) is 6.61 Å². The first-order valence-corrected chi connectivity index (χ1v) is 11.8. The molecule has 9 nitrogen and oxygen atoms in total. The first-order valence-electron chi connectivity index (χ1n) is 10.8. The molecule has 1 aromatic heterocycles. The van der Waals surface area contributed by atoms with Crippen molar-refractivity contribution in [3.8, 4) is 28.7 Å². The van der Waals surface area contributed by atoms with E-state index in [1.165, 1.54) is 11.8 Å². The minimum atomic E-state index is -0.178. The number of carbonyl (C=O) groups excluding carboxylic acids is 1. The normalized spacial score (nSPS) is 11.8. The van der Waals surface area contributed by atoms with Crippen LogP contribution in [0.5, 0.6) is 23.0 Å². The fourth-order valence-corrected chi connectivity index (χ4v) is 4.28. The van der Waals surface area contributed by atoms with Crippen LogP contribution in [0.2, 0.25) is 0 Å². The number of hydrogen-bond donors (Lipinski definition) is 1. The minimum Gasteiger partial charge on any atom is -0.493 e. The molecule has 178 valence electrons. The van der Waals surface area contributed by atoms with Gasteiger partial charge in [-0.05, 0) is 36.4 Å². The molecular weight excluding hydrogens is 468 g/mol. The van der Waals surface area contributed by atoms with Gasteiger partial charge in [-0.1, -0.05) is 42.1 Å². The molecule has 0 bridgehead atoms. The van der Waals surface area contributed by atoms with Crippen LogP contribution < -0.4 is 24.3 Å². The highest BCUT2D eigenvalue weighted by molar-refractivity contribution is 7.99. The fraction of sp³-hybridized carbons (Fsp3) is 0.160. The van der Waals surface area contributed by atoms with E-state index in [2.05, 4.69) is 15.5 Å². The summed E-state index contributed by atoms with van der Waals surface area (Å²) < 4.78 is 23.9. The molecule has 2 heterocycles. The van der Waals surface area contributed by atoms with Crippen molar-refractivity contribution in [1.82, 2.24) is 14.8 Å². The minimum absolute atomic E-state index is 0.146. The average molecular weight is 491 g/mol. The van der Waals surface area contributed by atoms with Gasteiger partial charge in [0.05, 0.1) is 12.9 Å². The molecule has 0 radical (unpaired) electrons. The molecule has 0 saturated heterocycles. The molecule has 10 heteroatoms. The predicted octanol–water partition coefficient (Wildman–Crippen LogP) is 4.31. The largest absolute Gasteiger partial charge is 0.493 e. The van der Waals surface area contributed by atoms with E-state index >= 15 is 0 Å². The van der Waals surface area contributed by atoms with Crippen molar-refractivity contribution >= 4 is 23.4 Å². The smallest absolute Gasteiger partial charge is 0.234 e. The first kappa shape index (κ1) is 22.6. The second-order valence-electron chi connectivity index (χ2n) is 7.41. The quantitative estimate of drug-likeness (QED) is 0.347. The third-order valence-electron chi connectivity index (χ3n) is 5.13. The van der Waals surface area contributed by atoms with Crippen LogP contribution in [0.4, 0.5) is 5.69 Å². The SMILES string of the molecule is COc1ccccc1OCc1nnc(SCC(=O)Nc2ccc3c(c2)OCO3)n1-c1ccccc1. The fourth-order valence-electron chi connectivity index (χ4n) is 3.51. The van der Waals surface area contributed by atoms with Gasteiger partial charge < -0.3 is 24.3 Å². The number of anilines is 1. The molecule has 4 aromatic rings. The number of methoxy groups -OCH3 is 1. The van der Waals surface area contributed by atoms with Crippen LogP contribution in [-0.2, 0) is 11.4 Å². The van der Waals surface area contributed by atoms with Crippen molar-refractivity contribution in [2.24, 2.45) is 0 Å². The van der Waals surface area contributed by atoms with E-state index < -0.39 is 0 Å². The Morgan fingerprint density at radius 2 is 1.77 bits per heavy atom. The van der Waals surface area contributed by atoms with Crippen LogP contribution >= 0.6 is 11.8 Å². The Morgan fingerprint density at radius 3 is 2.60 bits per heavy atom. The molecule has 0 spiro atoms. The second kappa shape index (κ2) is 10.4. The summed E-state index contributed by atoms with van der Waals surface area (Å²) in [4.78, 5) is 12.6. The Morgan fingerprint density at radius 1 is 1.00 bits per heavy atom. The van der Waals surface area contributed by atoms with Crippen molar-refractivity contribution in [2.75, 3.05) is 25.0 Å². The number of nitrogens with one attached hydrogen (secondary N) is 1. The van der Waals surface area contributed by atoms with Crippen molar-refractivity contribution in [2.45, 2.75) is 11.8 Å². The highest BCUT2D eigenvalue weighted by Crippen LogP contribution is 2.34. The van der Waals surface area contributed by atoms with Gasteiger partial charge in [0.2, 0.25) is 12.7 Å². The van der Waals surface area contributed by atoms with E-state index in [0.717, 1.165) is 5.69 Å². The zero-order chi connectivity index (χ0) is 24.0. The van der Waals surface area contributed by atoms with E-state index in [-0.39, 0.29) is 25.1 Å². The number of ether oxygens (including phenoxy) is 4. The van der Waals surface area contributed by atoms with E-state index in [1.807, 2.05) is 59.2 Å². The van der Waals surface area contributed by atoms with Gasteiger partial charge in [-0.25, -0.2) is 0 Å². The van der Waals surface area contributed by atoms with Crippen molar-refractivity contribution < 1.29 is 23.7 Å². The number of fused-ring (bicyclic) bond motifs is 1. The van der Waals surface area contributed by atoms with Gasteiger partial charge in [0.25, 0.3) is 0 Å². The monoisotopic (exact) mass is 490 g/mol. The molecule has 1 aliphatic heterocycles. The van der Waals surface area contributed by atoms with Crippen LogP contribution in [0.1, 0.15) is 5.82 Å². The van der Waals surface area contributed by atoms with Crippen LogP contribution in [0.3, 0.4) is 0 Å². The summed E-state index contributed by atoms with van der Waals surface area (Å²) in [5.74, 6) is 3.08. The lowest BCUT2D eigenvalue weighted by Crippen LogP contribution is -2.14. The highest BCUT2D eigenvalue weighted by atomic mass is 32.2. The molecule has 3 aromatic carbocycles. The number of thioether (sulfide) groups is 1. The summed E-state index contributed by atoms with van der Waals surface area (Å²) in [5, 5.41) is 12.1. The number of amides is 1. The molecule has 0 atom stereocenters. The molecule has 0 fully saturated rings. The Balaban J connectivity index is 1.30. The van der Waals surface area contributed by atoms with Crippen molar-refractivity contribution in [3.63, 3.8) is 0 Å². The number of carbonyl (C=O) groups is 1. The van der Waals surface area contributed by atoms with E-state index in [0.29, 0.717) is 39.7 Å². The van der Waals surface area contributed by atoms with Gasteiger partial charge in [0.15, 0.2) is 34.0 Å². The lowest BCUT2D eigenvalue weighted by molar-refractivity contribution is -0.113. The topological polar surface area (TPSA) is 96.7 Å². The summed E-state index contributed by atoms with van der Waals surface area (Å²) in [6.07, 6.45) is 0. The number of para-hydroxylation sites is 3. The maximum atomic E-state index is 12.6. The van der Waals surface area contributed by atoms with Gasteiger partial charge >= 0.3 is 0 Å². The molecule has 5 rings (SSSR count). The third kappa shape index (κ3) is 5.17. The number of benzene rings is 3. The third-order valence-corrected chi connectivity index (χ3v) is 6.06. The second-order valence-corrected chi connectivity index (χ2v) is 8.36. The van der Waals surface area contributed by atoms with E-state index in [9.17, 15) is 4.79 Å². The molecule has 0 saturated carbocycles. The molecule has 0 unspecified atom stereocenters. The zero-order valence-electron chi connectivity index (χ0n) is 18.8. The van der Waals surface area contributed by atoms with E-state index in [4.69, 9.17) is 18.9 Å². The molecule has 1 amide bonds. The first-order chi connectivity index (χ1) is 17.2. The number of rotatable bonds is 9. The Kier molecular flexibility index (Phi) is 6.71. The van der Waals surface area contributed by atoms with Crippen molar-refractivity contribution in [3.05, 3.63) is 78.6 Å². The summed E-state index contributed by atoms with van der Waals surface area (Å²) in [7, 11) is 1.60.